The Hall–Kier alpha value is -0.900. The van der Waals surface area contributed by atoms with Crippen LogP contribution in [0.5, 0.6) is 0 Å². The van der Waals surface area contributed by atoms with E-state index in [-0.39, 0.29) is 4.75 Å². The zero-order valence-electron chi connectivity index (χ0n) is 26.1. The lowest BCUT2D eigenvalue weighted by Crippen LogP contribution is -2.14. The molecular formula is C37H52S3. The number of hydrogen-bond donors (Lipinski definition) is 0. The summed E-state index contributed by atoms with van der Waals surface area (Å²) in [5, 5.41) is 2.05. The maximum atomic E-state index is 2.54. The molecule has 0 saturated carbocycles. The average molecular weight is 593 g/mol. The summed E-state index contributed by atoms with van der Waals surface area (Å²) in [6.07, 6.45) is 13.3. The standard InChI is InChI=1S/C37H52S3/c1-24(2)10-8-12-26(5)14-16-28-18-20-30-32(22-28)38-36-34(30)39-35-31-21-19-29(23-33(31)40-37(35,36)7)17-15-27(6)13-9-11-25(3)4/h18-27,35H,8-17H2,1-7H3. The largest absolute Gasteiger partial charge is 0.138 e. The molecule has 2 aliphatic rings. The van der Waals surface area contributed by atoms with Crippen molar-refractivity contribution in [3.8, 4) is 0 Å². The summed E-state index contributed by atoms with van der Waals surface area (Å²) in [6.45, 7) is 16.8. The van der Waals surface area contributed by atoms with Crippen molar-refractivity contribution in [1.29, 1.82) is 0 Å². The summed E-state index contributed by atoms with van der Waals surface area (Å²) in [4.78, 5) is 4.73. The van der Waals surface area contributed by atoms with Gasteiger partial charge in [0.25, 0.3) is 0 Å². The van der Waals surface area contributed by atoms with Gasteiger partial charge in [0.2, 0.25) is 0 Å². The highest BCUT2D eigenvalue weighted by Crippen LogP contribution is 2.72. The molecule has 2 aliphatic heterocycles. The van der Waals surface area contributed by atoms with Crippen LogP contribution < -0.4 is 0 Å². The second-order valence-electron chi connectivity index (χ2n) is 14.1. The van der Waals surface area contributed by atoms with Crippen LogP contribution >= 0.6 is 34.9 Å². The predicted octanol–water partition coefficient (Wildman–Crippen LogP) is 12.9. The van der Waals surface area contributed by atoms with E-state index in [1.807, 2.05) is 0 Å². The Bertz CT molecular complexity index is 1280. The van der Waals surface area contributed by atoms with Crippen LogP contribution in [0.15, 0.2) is 46.2 Å². The predicted molar refractivity (Wildman–Crippen MR) is 182 cm³/mol. The average Bonchev–Trinajstić information content (AvgIpc) is 3.49. The number of rotatable bonds is 14. The number of thioether (sulfide) groups is 2. The first-order valence-electron chi connectivity index (χ1n) is 16.2. The SMILES string of the molecule is CC(C)CCCC(C)CCc1ccc2c(c1)SC1(C)c3sc4cc(CCC(C)CCCC(C)C)ccc4c3SC21. The van der Waals surface area contributed by atoms with E-state index < -0.39 is 0 Å². The molecule has 218 valence electrons. The highest BCUT2D eigenvalue weighted by molar-refractivity contribution is 8.05. The first-order valence-corrected chi connectivity index (χ1v) is 18.7. The van der Waals surface area contributed by atoms with E-state index in [4.69, 9.17) is 0 Å². The molecule has 0 aliphatic carbocycles. The molecule has 0 saturated heterocycles. The van der Waals surface area contributed by atoms with Crippen LogP contribution in [-0.4, -0.2) is 0 Å². The monoisotopic (exact) mass is 592 g/mol. The van der Waals surface area contributed by atoms with Crippen molar-refractivity contribution in [2.45, 2.75) is 132 Å². The molecule has 1 aromatic heterocycles. The van der Waals surface area contributed by atoms with E-state index >= 15 is 0 Å². The van der Waals surface area contributed by atoms with Gasteiger partial charge in [-0.2, -0.15) is 0 Å². The lowest BCUT2D eigenvalue weighted by molar-refractivity contribution is 0.437. The van der Waals surface area contributed by atoms with Crippen molar-refractivity contribution >= 4 is 44.9 Å². The van der Waals surface area contributed by atoms with Crippen LogP contribution in [0.2, 0.25) is 0 Å². The van der Waals surface area contributed by atoms with Gasteiger partial charge < -0.3 is 0 Å². The summed E-state index contributed by atoms with van der Waals surface area (Å²) < 4.78 is 1.67. The number of aryl methyl sites for hydroxylation is 2. The summed E-state index contributed by atoms with van der Waals surface area (Å²) >= 11 is 6.38. The van der Waals surface area contributed by atoms with Gasteiger partial charge in [-0.15, -0.1) is 34.9 Å². The third-order valence-electron chi connectivity index (χ3n) is 9.39. The van der Waals surface area contributed by atoms with Gasteiger partial charge in [0.05, 0.1) is 10.00 Å². The van der Waals surface area contributed by atoms with Crippen LogP contribution in [0.3, 0.4) is 0 Å². The molecular weight excluding hydrogens is 541 g/mol. The van der Waals surface area contributed by atoms with E-state index in [9.17, 15) is 0 Å². The van der Waals surface area contributed by atoms with E-state index in [1.54, 1.807) is 20.2 Å². The maximum absolute atomic E-state index is 2.54. The minimum atomic E-state index is 0.167. The maximum Gasteiger partial charge on any atom is 0.0695 e. The van der Waals surface area contributed by atoms with Crippen molar-refractivity contribution in [2.75, 3.05) is 0 Å². The van der Waals surface area contributed by atoms with Gasteiger partial charge in [-0.05, 0) is 85.1 Å². The third kappa shape index (κ3) is 6.84. The van der Waals surface area contributed by atoms with Crippen LogP contribution in [0.1, 0.15) is 127 Å². The smallest absolute Gasteiger partial charge is 0.0695 e. The van der Waals surface area contributed by atoms with E-state index in [2.05, 4.69) is 120 Å². The molecule has 2 aromatic carbocycles. The normalized spacial score (nSPS) is 21.3. The molecule has 3 heteroatoms. The summed E-state index contributed by atoms with van der Waals surface area (Å²) in [7, 11) is 0. The lowest BCUT2D eigenvalue weighted by atomic mass is 9.93. The van der Waals surface area contributed by atoms with Gasteiger partial charge in [-0.1, -0.05) is 104 Å². The molecule has 3 heterocycles. The molecule has 0 spiro atoms. The van der Waals surface area contributed by atoms with Gasteiger partial charge in [-0.3, -0.25) is 0 Å². The van der Waals surface area contributed by atoms with E-state index in [1.165, 1.54) is 85.4 Å². The quantitative estimate of drug-likeness (QED) is 0.183. The Balaban J connectivity index is 1.22. The van der Waals surface area contributed by atoms with Crippen LogP contribution in [-0.2, 0) is 17.6 Å². The van der Waals surface area contributed by atoms with Crippen molar-refractivity contribution in [3.63, 3.8) is 0 Å². The van der Waals surface area contributed by atoms with Gasteiger partial charge in [0.15, 0.2) is 0 Å². The van der Waals surface area contributed by atoms with Crippen molar-refractivity contribution in [2.24, 2.45) is 23.7 Å². The molecule has 5 rings (SSSR count). The molecule has 4 unspecified atom stereocenters. The minimum Gasteiger partial charge on any atom is -0.138 e. The number of thiophene rings is 1. The van der Waals surface area contributed by atoms with Crippen molar-refractivity contribution < 1.29 is 0 Å². The molecule has 0 fully saturated rings. The number of benzene rings is 2. The summed E-state index contributed by atoms with van der Waals surface area (Å²) in [6, 6.07) is 14.8. The summed E-state index contributed by atoms with van der Waals surface area (Å²) in [5.74, 6) is 3.32. The Kier molecular flexibility index (Phi) is 10.1. The molecule has 0 bridgehead atoms. The van der Waals surface area contributed by atoms with Crippen molar-refractivity contribution in [1.82, 2.24) is 0 Å². The van der Waals surface area contributed by atoms with Crippen LogP contribution in [0.25, 0.3) is 10.1 Å². The van der Waals surface area contributed by atoms with Crippen LogP contribution in [0, 0.1) is 23.7 Å². The molecule has 0 radical (unpaired) electrons. The number of hydrogen-bond acceptors (Lipinski definition) is 3. The van der Waals surface area contributed by atoms with E-state index in [0.717, 1.165) is 23.7 Å². The first-order chi connectivity index (χ1) is 19.1. The molecule has 4 atom stereocenters. The Morgan fingerprint density at radius 2 is 1.32 bits per heavy atom. The first kappa shape index (κ1) is 30.6. The van der Waals surface area contributed by atoms with Gasteiger partial charge >= 0.3 is 0 Å². The highest BCUT2D eigenvalue weighted by atomic mass is 32.2. The fourth-order valence-electron chi connectivity index (χ4n) is 6.66. The molecule has 3 aromatic rings. The van der Waals surface area contributed by atoms with E-state index in [0.29, 0.717) is 5.25 Å². The molecule has 40 heavy (non-hydrogen) atoms. The Labute approximate surface area is 257 Å². The summed E-state index contributed by atoms with van der Waals surface area (Å²) in [5.41, 5.74) is 4.64. The van der Waals surface area contributed by atoms with Crippen LogP contribution in [0.4, 0.5) is 0 Å². The Morgan fingerprint density at radius 1 is 0.725 bits per heavy atom. The second-order valence-corrected chi connectivity index (χ2v) is 17.8. The Morgan fingerprint density at radius 3 is 1.95 bits per heavy atom. The second kappa shape index (κ2) is 13.2. The third-order valence-corrected chi connectivity index (χ3v) is 14.2. The highest BCUT2D eigenvalue weighted by Gasteiger charge is 2.52. The minimum absolute atomic E-state index is 0.167. The van der Waals surface area contributed by atoms with Gasteiger partial charge in [0, 0.05) is 24.8 Å². The van der Waals surface area contributed by atoms with Crippen molar-refractivity contribution in [3.05, 3.63) is 58.0 Å². The fraction of sp³-hybridized carbons (Fsp3) is 0.622. The molecule has 0 N–H and O–H groups in total. The fourth-order valence-corrected chi connectivity index (χ4v) is 11.9. The zero-order chi connectivity index (χ0) is 28.4. The van der Waals surface area contributed by atoms with Gasteiger partial charge in [-0.25, -0.2) is 0 Å². The topological polar surface area (TPSA) is 0 Å². The zero-order valence-corrected chi connectivity index (χ0v) is 28.6. The molecule has 0 amide bonds. The number of fused-ring (bicyclic) bond motifs is 7. The molecule has 0 nitrogen and oxygen atoms in total. The lowest BCUT2D eigenvalue weighted by Gasteiger charge is -2.22. The van der Waals surface area contributed by atoms with Gasteiger partial charge in [0.1, 0.15) is 0 Å².